The number of anilines is 2. The molecule has 16 heteroatoms. The summed E-state index contributed by atoms with van der Waals surface area (Å²) in [5.74, 6) is -3.28. The lowest BCUT2D eigenvalue weighted by Gasteiger charge is -2.49. The van der Waals surface area contributed by atoms with E-state index in [9.17, 15) is 33.9 Å². The molecule has 6 N–H and O–H groups in total. The third-order valence-corrected chi connectivity index (χ3v) is 7.46. The number of esters is 1. The molecule has 3 atom stereocenters. The Balaban J connectivity index is 1.51. The van der Waals surface area contributed by atoms with E-state index in [0.717, 1.165) is 15.7 Å². The largest absolute Gasteiger partial charge is 0.477 e. The van der Waals surface area contributed by atoms with Crippen molar-refractivity contribution in [2.45, 2.75) is 24.4 Å². The molecule has 1 aromatic carbocycles. The standard InChI is InChI=1S/C24H25N7O8S/c1-11(32)39-9-13-10-40-21-16(20(35)31(21)17(13)22(36)37)28-18(33)15(12-6-4-3-5-7-12)29-24(38)27-14-8-26-23(25)30(2)19(14)34/h3-8,15-16,21H,9-10H2,1-2H3,(H2,25,26)(H,28,33)(H,36,37)(H2,27,29,38)/t15?,16?,21-/m0/s1. The van der Waals surface area contributed by atoms with Gasteiger partial charge in [0.25, 0.3) is 11.5 Å². The Labute approximate surface area is 230 Å². The Bertz CT molecular complexity index is 1480. The van der Waals surface area contributed by atoms with Crippen molar-refractivity contribution in [1.82, 2.24) is 25.1 Å². The summed E-state index contributed by atoms with van der Waals surface area (Å²) in [5.41, 5.74) is 5.13. The quantitative estimate of drug-likeness (QED) is 0.202. The van der Waals surface area contributed by atoms with E-state index in [2.05, 4.69) is 20.9 Å². The number of benzene rings is 1. The summed E-state index contributed by atoms with van der Waals surface area (Å²) in [5, 5.41) is 16.4. The second kappa shape index (κ2) is 11.5. The molecule has 2 unspecified atom stereocenters. The molecule has 1 aromatic heterocycles. The number of aromatic nitrogens is 2. The third-order valence-electron chi connectivity index (χ3n) is 6.12. The number of amides is 4. The fourth-order valence-corrected chi connectivity index (χ4v) is 5.43. The van der Waals surface area contributed by atoms with E-state index in [4.69, 9.17) is 10.5 Å². The summed E-state index contributed by atoms with van der Waals surface area (Å²) >= 11 is 1.20. The van der Waals surface area contributed by atoms with Crippen LogP contribution in [0.3, 0.4) is 0 Å². The molecule has 0 aliphatic carbocycles. The zero-order valence-corrected chi connectivity index (χ0v) is 22.1. The first-order chi connectivity index (χ1) is 19.0. The minimum absolute atomic E-state index is 0.0586. The van der Waals surface area contributed by atoms with Crippen LogP contribution in [0.15, 0.2) is 52.6 Å². The first kappa shape index (κ1) is 28.2. The molecule has 2 aromatic rings. The monoisotopic (exact) mass is 571 g/mol. The molecule has 210 valence electrons. The second-order valence-corrected chi connectivity index (χ2v) is 9.88. The molecule has 0 saturated carbocycles. The SMILES string of the molecule is CC(=O)OCC1=C(C(=O)O)N2C(=O)C(NC(=O)C(NC(=O)Nc3cnc(N)n(C)c3=O)c3ccccc3)[C@@H]2SC1. The lowest BCUT2D eigenvalue weighted by atomic mass is 10.0. The number of nitrogens with one attached hydrogen (secondary N) is 3. The number of nitrogen functional groups attached to an aromatic ring is 1. The number of β-lactam (4-membered cyclic amide) rings is 1. The van der Waals surface area contributed by atoms with Crippen LogP contribution in [0.2, 0.25) is 0 Å². The predicted octanol–water partition coefficient (Wildman–Crippen LogP) is -0.473. The van der Waals surface area contributed by atoms with Crippen molar-refractivity contribution in [2.75, 3.05) is 23.4 Å². The smallest absolute Gasteiger partial charge is 0.352 e. The van der Waals surface area contributed by atoms with Crippen LogP contribution in [0.5, 0.6) is 0 Å². The molecule has 2 aliphatic rings. The van der Waals surface area contributed by atoms with Crippen molar-refractivity contribution >= 4 is 53.2 Å². The van der Waals surface area contributed by atoms with Gasteiger partial charge in [-0.1, -0.05) is 30.3 Å². The van der Waals surface area contributed by atoms with Gasteiger partial charge < -0.3 is 31.5 Å². The van der Waals surface area contributed by atoms with Gasteiger partial charge in [-0.3, -0.25) is 28.6 Å². The summed E-state index contributed by atoms with van der Waals surface area (Å²) in [4.78, 5) is 79.4. The highest BCUT2D eigenvalue weighted by Gasteiger charge is 2.54. The van der Waals surface area contributed by atoms with Gasteiger partial charge in [-0.05, 0) is 5.56 Å². The number of nitrogens with two attached hydrogens (primary N) is 1. The van der Waals surface area contributed by atoms with Crippen molar-refractivity contribution in [3.8, 4) is 0 Å². The number of urea groups is 1. The van der Waals surface area contributed by atoms with Crippen molar-refractivity contribution in [3.63, 3.8) is 0 Å². The molecule has 3 heterocycles. The van der Waals surface area contributed by atoms with Crippen LogP contribution in [-0.2, 0) is 31.0 Å². The molecule has 40 heavy (non-hydrogen) atoms. The number of ether oxygens (including phenoxy) is 1. The molecule has 0 spiro atoms. The van der Waals surface area contributed by atoms with Gasteiger partial charge >= 0.3 is 18.0 Å². The van der Waals surface area contributed by atoms with Crippen molar-refractivity contribution in [1.29, 1.82) is 0 Å². The van der Waals surface area contributed by atoms with Gasteiger partial charge in [0.2, 0.25) is 11.9 Å². The maximum absolute atomic E-state index is 13.4. The van der Waals surface area contributed by atoms with E-state index in [1.165, 1.54) is 25.7 Å². The molecule has 2 aliphatic heterocycles. The van der Waals surface area contributed by atoms with E-state index in [1.54, 1.807) is 30.3 Å². The van der Waals surface area contributed by atoms with Crippen molar-refractivity contribution in [3.05, 3.63) is 63.7 Å². The van der Waals surface area contributed by atoms with Gasteiger partial charge in [0.15, 0.2) is 0 Å². The lowest BCUT2D eigenvalue weighted by Crippen LogP contribution is -2.71. The molecule has 4 rings (SSSR count). The van der Waals surface area contributed by atoms with Crippen LogP contribution in [0.4, 0.5) is 16.4 Å². The van der Waals surface area contributed by atoms with Crippen molar-refractivity contribution in [2.24, 2.45) is 7.05 Å². The van der Waals surface area contributed by atoms with Gasteiger partial charge in [0.05, 0.1) is 6.20 Å². The third kappa shape index (κ3) is 5.61. The van der Waals surface area contributed by atoms with Crippen LogP contribution < -0.4 is 27.2 Å². The molecular formula is C24H25N7O8S. The van der Waals surface area contributed by atoms with E-state index >= 15 is 0 Å². The number of hydrogen-bond acceptors (Lipinski definition) is 10. The fraction of sp³-hybridized carbons (Fsp3) is 0.292. The average molecular weight is 572 g/mol. The number of carboxylic acid groups (broad SMARTS) is 1. The predicted molar refractivity (Wildman–Crippen MR) is 142 cm³/mol. The molecule has 1 saturated heterocycles. The lowest BCUT2D eigenvalue weighted by molar-refractivity contribution is -0.151. The second-order valence-electron chi connectivity index (χ2n) is 8.77. The number of rotatable bonds is 8. The zero-order chi connectivity index (χ0) is 29.1. The first-order valence-corrected chi connectivity index (χ1v) is 12.8. The van der Waals surface area contributed by atoms with E-state index in [1.807, 2.05) is 0 Å². The minimum Gasteiger partial charge on any atom is -0.477 e. The molecular weight excluding hydrogens is 546 g/mol. The van der Waals surface area contributed by atoms with E-state index in [-0.39, 0.29) is 35.3 Å². The van der Waals surface area contributed by atoms with Crippen LogP contribution in [0.25, 0.3) is 0 Å². The molecule has 0 radical (unpaired) electrons. The molecule has 15 nitrogen and oxygen atoms in total. The highest BCUT2D eigenvalue weighted by Crippen LogP contribution is 2.40. The Hall–Kier alpha value is -4.86. The van der Waals surface area contributed by atoms with Gasteiger partial charge in [-0.15, -0.1) is 11.8 Å². The van der Waals surface area contributed by atoms with Crippen LogP contribution in [0.1, 0.15) is 18.5 Å². The highest BCUT2D eigenvalue weighted by atomic mass is 32.2. The van der Waals surface area contributed by atoms with Crippen LogP contribution in [-0.4, -0.2) is 73.1 Å². The number of nitrogens with zero attached hydrogens (tertiary/aromatic N) is 3. The number of thioether (sulfide) groups is 1. The average Bonchev–Trinajstić information content (AvgIpc) is 2.93. The fourth-order valence-electron chi connectivity index (χ4n) is 4.10. The van der Waals surface area contributed by atoms with Crippen LogP contribution >= 0.6 is 11.8 Å². The zero-order valence-electron chi connectivity index (χ0n) is 21.2. The number of fused-ring (bicyclic) bond motifs is 1. The molecule has 4 amide bonds. The summed E-state index contributed by atoms with van der Waals surface area (Å²) < 4.78 is 5.95. The first-order valence-electron chi connectivity index (χ1n) is 11.8. The number of carbonyl (C=O) groups is 5. The van der Waals surface area contributed by atoms with Gasteiger partial charge in [-0.25, -0.2) is 14.6 Å². The molecule has 1 fully saturated rings. The number of hydrogen-bond donors (Lipinski definition) is 5. The minimum atomic E-state index is -1.37. The summed E-state index contributed by atoms with van der Waals surface area (Å²) in [6, 6.07) is 4.93. The highest BCUT2D eigenvalue weighted by molar-refractivity contribution is 8.00. The number of aliphatic carboxylic acids is 1. The maximum Gasteiger partial charge on any atom is 0.352 e. The van der Waals surface area contributed by atoms with Crippen LogP contribution in [0, 0.1) is 0 Å². The maximum atomic E-state index is 13.4. The Kier molecular flexibility index (Phi) is 8.08. The summed E-state index contributed by atoms with van der Waals surface area (Å²) in [7, 11) is 1.38. The normalized spacial score (nSPS) is 18.6. The Morgan fingerprint density at radius 3 is 2.58 bits per heavy atom. The summed E-state index contributed by atoms with van der Waals surface area (Å²) in [6.45, 7) is 0.906. The summed E-state index contributed by atoms with van der Waals surface area (Å²) in [6.07, 6.45) is 1.08. The number of carbonyl (C=O) groups excluding carboxylic acids is 4. The Morgan fingerprint density at radius 1 is 1.23 bits per heavy atom. The topological polar surface area (TPSA) is 215 Å². The van der Waals surface area contributed by atoms with E-state index in [0.29, 0.717) is 5.56 Å². The van der Waals surface area contributed by atoms with Crippen molar-refractivity contribution < 1.29 is 33.8 Å². The number of carboxylic acids is 1. The van der Waals surface area contributed by atoms with Gasteiger partial charge in [0.1, 0.15) is 35.4 Å². The van der Waals surface area contributed by atoms with Gasteiger partial charge in [0, 0.05) is 25.3 Å². The molecule has 0 bridgehead atoms. The Morgan fingerprint density at radius 2 is 1.93 bits per heavy atom. The van der Waals surface area contributed by atoms with Gasteiger partial charge in [-0.2, -0.15) is 0 Å². The van der Waals surface area contributed by atoms with E-state index < -0.39 is 52.8 Å².